The fourth-order valence-electron chi connectivity index (χ4n) is 4.56. The van der Waals surface area contributed by atoms with Crippen molar-refractivity contribution in [3.8, 4) is 11.4 Å². The van der Waals surface area contributed by atoms with Gasteiger partial charge >= 0.3 is 0 Å². The van der Waals surface area contributed by atoms with Crippen LogP contribution in [0.1, 0.15) is 43.4 Å². The van der Waals surface area contributed by atoms with Crippen LogP contribution in [0.5, 0.6) is 0 Å². The topological polar surface area (TPSA) is 75.6 Å². The van der Waals surface area contributed by atoms with E-state index in [0.29, 0.717) is 6.04 Å². The number of hydrogen-bond donors (Lipinski definition) is 2. The van der Waals surface area contributed by atoms with Gasteiger partial charge in [-0.2, -0.15) is 0 Å². The molecule has 6 rings (SSSR count). The van der Waals surface area contributed by atoms with Gasteiger partial charge in [0.2, 0.25) is 5.91 Å². The van der Waals surface area contributed by atoms with Gasteiger partial charge < -0.3 is 10.3 Å². The average molecular weight is 444 g/mol. The number of para-hydroxylation sites is 1. The number of carbonyl (C=O) groups excluding carboxylic acids is 1. The molecular formula is C25H25N5OS. The molecule has 0 aliphatic heterocycles. The summed E-state index contributed by atoms with van der Waals surface area (Å²) >= 11 is 1.48. The monoisotopic (exact) mass is 443 g/mol. The number of carbonyl (C=O) groups is 1. The number of rotatable bonds is 6. The zero-order valence-electron chi connectivity index (χ0n) is 18.0. The molecule has 2 aromatic heterocycles. The molecule has 1 atom stereocenters. The smallest absolute Gasteiger partial charge is 0.237 e. The van der Waals surface area contributed by atoms with Crippen molar-refractivity contribution in [1.29, 1.82) is 0 Å². The lowest BCUT2D eigenvalue weighted by Gasteiger charge is -2.14. The number of anilines is 1. The zero-order valence-corrected chi connectivity index (χ0v) is 18.8. The first-order valence-electron chi connectivity index (χ1n) is 11.3. The largest absolute Gasteiger partial charge is 0.360 e. The van der Waals surface area contributed by atoms with Crippen molar-refractivity contribution in [2.45, 2.75) is 55.5 Å². The Morgan fingerprint density at radius 2 is 2.00 bits per heavy atom. The van der Waals surface area contributed by atoms with E-state index >= 15 is 0 Å². The van der Waals surface area contributed by atoms with Gasteiger partial charge in [-0.15, -0.1) is 10.2 Å². The third-order valence-corrected chi connectivity index (χ3v) is 7.48. The minimum absolute atomic E-state index is 0.00746. The number of hydrogen-bond acceptors (Lipinski definition) is 4. The normalized spacial score (nSPS) is 16.3. The molecule has 2 aliphatic carbocycles. The van der Waals surface area contributed by atoms with Gasteiger partial charge in [0.05, 0.1) is 5.25 Å². The lowest BCUT2D eigenvalue weighted by Crippen LogP contribution is -2.23. The van der Waals surface area contributed by atoms with Gasteiger partial charge in [0.15, 0.2) is 11.0 Å². The number of H-pyrrole nitrogens is 1. The van der Waals surface area contributed by atoms with E-state index in [4.69, 9.17) is 0 Å². The number of benzene rings is 2. The van der Waals surface area contributed by atoms with Crippen LogP contribution in [0.2, 0.25) is 0 Å². The predicted octanol–water partition coefficient (Wildman–Crippen LogP) is 5.37. The van der Waals surface area contributed by atoms with E-state index in [-0.39, 0.29) is 11.2 Å². The molecule has 2 aromatic carbocycles. The number of aromatic amines is 1. The Bertz CT molecular complexity index is 1320. The maximum atomic E-state index is 12.9. The minimum Gasteiger partial charge on any atom is -0.360 e. The van der Waals surface area contributed by atoms with E-state index in [1.807, 2.05) is 31.3 Å². The SMILES string of the molecule is C[C@@H](Sc1nnc(-c2c[nH]c3ccccc23)n1C1CC1)C(=O)Nc1ccc2c(c1)CCC2. The Morgan fingerprint density at radius 1 is 1.16 bits per heavy atom. The van der Waals surface area contributed by atoms with E-state index in [2.05, 4.69) is 49.3 Å². The summed E-state index contributed by atoms with van der Waals surface area (Å²) in [4.78, 5) is 16.3. The van der Waals surface area contributed by atoms with Crippen molar-refractivity contribution in [3.63, 3.8) is 0 Å². The lowest BCUT2D eigenvalue weighted by atomic mass is 10.1. The van der Waals surface area contributed by atoms with Crippen LogP contribution >= 0.6 is 11.8 Å². The maximum absolute atomic E-state index is 12.9. The standard InChI is InChI=1S/C25H25N5OS/c1-15(24(31)27-18-10-9-16-5-4-6-17(16)13-18)32-25-29-28-23(30(25)19-11-12-19)21-14-26-22-8-3-2-7-20(21)22/h2-3,7-10,13-15,19,26H,4-6,11-12H2,1H3,(H,27,31)/t15-/m1/s1. The number of fused-ring (bicyclic) bond motifs is 2. The summed E-state index contributed by atoms with van der Waals surface area (Å²) in [6, 6.07) is 14.9. The summed E-state index contributed by atoms with van der Waals surface area (Å²) in [5.41, 5.74) is 5.80. The van der Waals surface area contributed by atoms with Gasteiger partial charge in [0.1, 0.15) is 0 Å². The first-order chi connectivity index (χ1) is 15.7. The highest BCUT2D eigenvalue weighted by Crippen LogP contribution is 2.42. The molecule has 0 radical (unpaired) electrons. The number of nitrogens with zero attached hydrogens (tertiary/aromatic N) is 3. The summed E-state index contributed by atoms with van der Waals surface area (Å²) in [6.07, 6.45) is 7.70. The third kappa shape index (κ3) is 3.50. The molecule has 2 heterocycles. The van der Waals surface area contributed by atoms with E-state index in [1.165, 1.54) is 29.3 Å². The molecule has 7 heteroatoms. The van der Waals surface area contributed by atoms with Crippen LogP contribution < -0.4 is 5.32 Å². The summed E-state index contributed by atoms with van der Waals surface area (Å²) in [7, 11) is 0. The van der Waals surface area contributed by atoms with Gasteiger partial charge in [-0.25, -0.2) is 0 Å². The highest BCUT2D eigenvalue weighted by molar-refractivity contribution is 8.00. The van der Waals surface area contributed by atoms with Crippen molar-refractivity contribution in [3.05, 3.63) is 59.8 Å². The third-order valence-electron chi connectivity index (χ3n) is 6.42. The predicted molar refractivity (Wildman–Crippen MR) is 128 cm³/mol. The molecule has 2 N–H and O–H groups in total. The molecule has 1 saturated carbocycles. The van der Waals surface area contributed by atoms with Crippen LogP contribution in [0, 0.1) is 0 Å². The molecule has 0 saturated heterocycles. The summed E-state index contributed by atoms with van der Waals surface area (Å²) in [5.74, 6) is 0.866. The van der Waals surface area contributed by atoms with Crippen LogP contribution in [0.4, 0.5) is 5.69 Å². The first kappa shape index (κ1) is 19.6. The van der Waals surface area contributed by atoms with Crippen molar-refractivity contribution in [2.24, 2.45) is 0 Å². The summed E-state index contributed by atoms with van der Waals surface area (Å²) < 4.78 is 2.22. The van der Waals surface area contributed by atoms with Crippen molar-refractivity contribution < 1.29 is 4.79 Å². The maximum Gasteiger partial charge on any atom is 0.237 e. The number of amides is 1. The van der Waals surface area contributed by atoms with Gasteiger partial charge in [-0.3, -0.25) is 9.36 Å². The van der Waals surface area contributed by atoms with Crippen LogP contribution in [0.15, 0.2) is 53.8 Å². The fourth-order valence-corrected chi connectivity index (χ4v) is 5.48. The van der Waals surface area contributed by atoms with Crippen molar-refractivity contribution >= 4 is 34.3 Å². The highest BCUT2D eigenvalue weighted by atomic mass is 32.2. The molecule has 162 valence electrons. The Kier molecular flexibility index (Phi) is 4.79. The van der Waals surface area contributed by atoms with Gasteiger partial charge in [0, 0.05) is 34.4 Å². The molecule has 0 unspecified atom stereocenters. The van der Waals surface area contributed by atoms with Crippen molar-refractivity contribution in [1.82, 2.24) is 19.7 Å². The van der Waals surface area contributed by atoms with Gasteiger partial charge in [-0.1, -0.05) is 36.0 Å². The average Bonchev–Trinajstić information content (AvgIpc) is 3.20. The Labute approximate surface area is 190 Å². The second-order valence-electron chi connectivity index (χ2n) is 8.74. The lowest BCUT2D eigenvalue weighted by molar-refractivity contribution is -0.115. The number of aryl methyl sites for hydroxylation is 2. The van der Waals surface area contributed by atoms with Crippen LogP contribution in [-0.4, -0.2) is 30.9 Å². The number of nitrogens with one attached hydrogen (secondary N) is 2. The zero-order chi connectivity index (χ0) is 21.7. The Balaban J connectivity index is 1.24. The first-order valence-corrected chi connectivity index (χ1v) is 12.2. The molecule has 0 spiro atoms. The van der Waals surface area contributed by atoms with Gasteiger partial charge in [-0.05, 0) is 68.4 Å². The minimum atomic E-state index is -0.277. The van der Waals surface area contributed by atoms with Crippen molar-refractivity contribution in [2.75, 3.05) is 5.32 Å². The van der Waals surface area contributed by atoms with E-state index < -0.39 is 0 Å². The molecule has 2 aliphatic rings. The van der Waals surface area contributed by atoms with Crippen LogP contribution in [0.25, 0.3) is 22.3 Å². The highest BCUT2D eigenvalue weighted by Gasteiger charge is 2.32. The molecule has 1 amide bonds. The number of thioether (sulfide) groups is 1. The van der Waals surface area contributed by atoms with E-state index in [0.717, 1.165) is 58.8 Å². The Hall–Kier alpha value is -3.06. The molecule has 6 nitrogen and oxygen atoms in total. The summed E-state index contributed by atoms with van der Waals surface area (Å²) in [6.45, 7) is 1.94. The summed E-state index contributed by atoms with van der Waals surface area (Å²) in [5, 5.41) is 13.8. The van der Waals surface area contributed by atoms with Crippen LogP contribution in [-0.2, 0) is 17.6 Å². The number of aromatic nitrogens is 4. The quantitative estimate of drug-likeness (QED) is 0.393. The molecule has 32 heavy (non-hydrogen) atoms. The molecule has 0 bridgehead atoms. The molecular weight excluding hydrogens is 418 g/mol. The second-order valence-corrected chi connectivity index (χ2v) is 10.0. The second kappa shape index (κ2) is 7.81. The molecule has 1 fully saturated rings. The Morgan fingerprint density at radius 3 is 2.88 bits per heavy atom. The molecule has 4 aromatic rings. The van der Waals surface area contributed by atoms with Gasteiger partial charge in [0.25, 0.3) is 0 Å². The van der Waals surface area contributed by atoms with E-state index in [9.17, 15) is 4.79 Å². The van der Waals surface area contributed by atoms with E-state index in [1.54, 1.807) is 0 Å². The van der Waals surface area contributed by atoms with Crippen LogP contribution in [0.3, 0.4) is 0 Å². The fraction of sp³-hybridized carbons (Fsp3) is 0.320.